The number of halogens is 1. The van der Waals surface area contributed by atoms with Crippen molar-refractivity contribution in [2.24, 2.45) is 17.4 Å². The molecule has 6 N–H and O–H groups in total. The van der Waals surface area contributed by atoms with Gasteiger partial charge >= 0.3 is 6.03 Å². The van der Waals surface area contributed by atoms with Crippen LogP contribution < -0.4 is 22.1 Å². The number of urea groups is 1. The average molecular weight is 273 g/mol. The third-order valence-electron chi connectivity index (χ3n) is 2.20. The number of nitrogens with one attached hydrogen (secondary N) is 2. The quantitative estimate of drug-likeness (QED) is 0.659. The zero-order valence-corrected chi connectivity index (χ0v) is 10.8. The minimum atomic E-state index is -0.649. The first-order valence-electron chi connectivity index (χ1n) is 5.20. The highest BCUT2D eigenvalue weighted by Crippen LogP contribution is 2.15. The minimum absolute atomic E-state index is 0. The van der Waals surface area contributed by atoms with Crippen molar-refractivity contribution < 1.29 is 9.59 Å². The lowest BCUT2D eigenvalue weighted by molar-refractivity contribution is -0.119. The Balaban J connectivity index is 0.00000289. The number of benzene rings is 1. The van der Waals surface area contributed by atoms with E-state index in [-0.39, 0.29) is 30.8 Å². The lowest BCUT2D eigenvalue weighted by atomic mass is 10.1. The minimum Gasteiger partial charge on any atom is -0.351 e. The number of primary amides is 1. The molecule has 1 rings (SSSR count). The number of carbonyl (C=O) groups excluding carboxylic acids is 2. The number of amides is 3. The van der Waals surface area contributed by atoms with E-state index in [9.17, 15) is 9.59 Å². The summed E-state index contributed by atoms with van der Waals surface area (Å²) in [4.78, 5) is 22.2. The van der Waals surface area contributed by atoms with Crippen LogP contribution in [0.2, 0.25) is 0 Å². The first-order chi connectivity index (χ1) is 8.02. The van der Waals surface area contributed by atoms with Gasteiger partial charge in [-0.1, -0.05) is 13.0 Å². The maximum Gasteiger partial charge on any atom is 0.316 e. The maximum atomic E-state index is 11.6. The van der Waals surface area contributed by atoms with E-state index in [2.05, 4.69) is 10.6 Å². The summed E-state index contributed by atoms with van der Waals surface area (Å²) >= 11 is 0. The Kier molecular flexibility index (Phi) is 6.77. The molecule has 0 saturated carbocycles. The number of nitrogens with two attached hydrogens (primary N) is 2. The molecule has 1 atom stereocenters. The molecule has 1 unspecified atom stereocenters. The van der Waals surface area contributed by atoms with Crippen molar-refractivity contribution in [3.8, 4) is 0 Å². The van der Waals surface area contributed by atoms with E-state index in [1.54, 1.807) is 31.2 Å². The van der Waals surface area contributed by atoms with Crippen LogP contribution in [0.3, 0.4) is 0 Å². The second kappa shape index (κ2) is 7.52. The summed E-state index contributed by atoms with van der Waals surface area (Å²) in [6.45, 7) is 2.02. The summed E-state index contributed by atoms with van der Waals surface area (Å²) in [6.07, 6.45) is 0. The molecule has 6 nitrogen and oxygen atoms in total. The Morgan fingerprint density at radius 3 is 2.33 bits per heavy atom. The van der Waals surface area contributed by atoms with Crippen molar-refractivity contribution in [1.29, 1.82) is 0 Å². The molecule has 1 aromatic carbocycles. The largest absolute Gasteiger partial charge is 0.351 e. The van der Waals surface area contributed by atoms with E-state index in [0.29, 0.717) is 11.4 Å². The summed E-state index contributed by atoms with van der Waals surface area (Å²) in [5.74, 6) is -0.425. The van der Waals surface area contributed by atoms with Gasteiger partial charge in [-0.3, -0.25) is 4.79 Å². The van der Waals surface area contributed by atoms with E-state index in [1.165, 1.54) is 0 Å². The van der Waals surface area contributed by atoms with Crippen LogP contribution >= 0.6 is 12.4 Å². The molecule has 0 fully saturated rings. The van der Waals surface area contributed by atoms with E-state index in [4.69, 9.17) is 11.5 Å². The fourth-order valence-corrected chi connectivity index (χ4v) is 1.19. The fraction of sp³-hybridized carbons (Fsp3) is 0.273. The highest BCUT2D eigenvalue weighted by molar-refractivity contribution is 5.94. The topological polar surface area (TPSA) is 110 Å². The number of rotatable bonds is 4. The van der Waals surface area contributed by atoms with Gasteiger partial charge in [-0.05, 0) is 18.2 Å². The molecular weight excluding hydrogens is 256 g/mol. The Bertz CT molecular complexity index is 425. The first-order valence-corrected chi connectivity index (χ1v) is 5.20. The molecule has 100 valence electrons. The molecule has 3 amide bonds. The van der Waals surface area contributed by atoms with Gasteiger partial charge in [-0.2, -0.15) is 0 Å². The Hall–Kier alpha value is -1.79. The van der Waals surface area contributed by atoms with Gasteiger partial charge < -0.3 is 22.1 Å². The van der Waals surface area contributed by atoms with E-state index in [0.717, 1.165) is 0 Å². The van der Waals surface area contributed by atoms with Crippen molar-refractivity contribution in [2.75, 3.05) is 17.2 Å². The van der Waals surface area contributed by atoms with Gasteiger partial charge in [0.15, 0.2) is 0 Å². The average Bonchev–Trinajstić information content (AvgIpc) is 2.27. The normalized spacial score (nSPS) is 11.0. The lowest BCUT2D eigenvalue weighted by Gasteiger charge is -2.11. The second-order valence-corrected chi connectivity index (χ2v) is 3.70. The Morgan fingerprint density at radius 1 is 1.28 bits per heavy atom. The Labute approximate surface area is 112 Å². The van der Waals surface area contributed by atoms with Crippen LogP contribution in [0.4, 0.5) is 16.2 Å². The van der Waals surface area contributed by atoms with E-state index < -0.39 is 6.03 Å². The van der Waals surface area contributed by atoms with Gasteiger partial charge in [0.05, 0.1) is 0 Å². The standard InChI is InChI=1S/C11H16N4O2.ClH/c1-7(6-12)10(16)14-8-3-2-4-9(5-8)15-11(13)17;/h2-5,7H,6,12H2,1H3,(H,14,16)(H3,13,15,17);1H. The molecule has 0 heterocycles. The number of hydrogen-bond acceptors (Lipinski definition) is 3. The molecule has 18 heavy (non-hydrogen) atoms. The van der Waals surface area contributed by atoms with Crippen molar-refractivity contribution >= 4 is 35.7 Å². The molecule has 0 aliphatic carbocycles. The van der Waals surface area contributed by atoms with Crippen LogP contribution in [-0.2, 0) is 4.79 Å². The zero-order valence-electron chi connectivity index (χ0n) is 9.97. The molecular formula is C11H17ClN4O2. The second-order valence-electron chi connectivity index (χ2n) is 3.70. The van der Waals surface area contributed by atoms with Crippen LogP contribution in [0.15, 0.2) is 24.3 Å². The lowest BCUT2D eigenvalue weighted by Crippen LogP contribution is -2.26. The maximum absolute atomic E-state index is 11.6. The van der Waals surface area contributed by atoms with Crippen LogP contribution in [0.1, 0.15) is 6.92 Å². The van der Waals surface area contributed by atoms with Gasteiger partial charge in [0.2, 0.25) is 5.91 Å². The van der Waals surface area contributed by atoms with Crippen molar-refractivity contribution in [3.05, 3.63) is 24.3 Å². The molecule has 7 heteroatoms. The van der Waals surface area contributed by atoms with Gasteiger partial charge in [0.1, 0.15) is 0 Å². The van der Waals surface area contributed by atoms with E-state index in [1.807, 2.05) is 0 Å². The van der Waals surface area contributed by atoms with Crippen LogP contribution in [0, 0.1) is 5.92 Å². The molecule has 0 saturated heterocycles. The summed E-state index contributed by atoms with van der Waals surface area (Å²) in [6, 6.07) is 6.06. The fourth-order valence-electron chi connectivity index (χ4n) is 1.19. The van der Waals surface area contributed by atoms with E-state index >= 15 is 0 Å². The SMILES string of the molecule is CC(CN)C(=O)Nc1cccc(NC(N)=O)c1.Cl. The monoisotopic (exact) mass is 272 g/mol. The molecule has 0 aliphatic heterocycles. The third-order valence-corrected chi connectivity index (χ3v) is 2.20. The highest BCUT2D eigenvalue weighted by atomic mass is 35.5. The van der Waals surface area contributed by atoms with Gasteiger partial charge in [0, 0.05) is 23.8 Å². The molecule has 0 aliphatic rings. The molecule has 0 radical (unpaired) electrons. The molecule has 1 aromatic rings. The van der Waals surface area contributed by atoms with Crippen LogP contribution in [-0.4, -0.2) is 18.5 Å². The predicted molar refractivity (Wildman–Crippen MR) is 73.7 cm³/mol. The summed E-state index contributed by atoms with van der Waals surface area (Å²) in [7, 11) is 0. The van der Waals surface area contributed by atoms with Gasteiger partial charge in [-0.25, -0.2) is 4.79 Å². The van der Waals surface area contributed by atoms with Crippen molar-refractivity contribution in [2.45, 2.75) is 6.92 Å². The molecule has 0 spiro atoms. The zero-order chi connectivity index (χ0) is 12.8. The first kappa shape index (κ1) is 16.2. The van der Waals surface area contributed by atoms with Gasteiger partial charge in [-0.15, -0.1) is 12.4 Å². The highest BCUT2D eigenvalue weighted by Gasteiger charge is 2.10. The van der Waals surface area contributed by atoms with Crippen molar-refractivity contribution in [1.82, 2.24) is 0 Å². The number of carbonyl (C=O) groups is 2. The van der Waals surface area contributed by atoms with Crippen LogP contribution in [0.25, 0.3) is 0 Å². The smallest absolute Gasteiger partial charge is 0.316 e. The van der Waals surface area contributed by atoms with Gasteiger partial charge in [0.25, 0.3) is 0 Å². The summed E-state index contributed by atoms with van der Waals surface area (Å²) < 4.78 is 0. The summed E-state index contributed by atoms with van der Waals surface area (Å²) in [5, 5.41) is 5.12. The molecule has 0 aromatic heterocycles. The predicted octanol–water partition coefficient (Wildman–Crippen LogP) is 1.13. The number of hydrogen-bond donors (Lipinski definition) is 4. The van der Waals surface area contributed by atoms with Crippen molar-refractivity contribution in [3.63, 3.8) is 0 Å². The third kappa shape index (κ3) is 5.03. The molecule has 0 bridgehead atoms. The Morgan fingerprint density at radius 2 is 1.83 bits per heavy atom. The van der Waals surface area contributed by atoms with Crippen LogP contribution in [0.5, 0.6) is 0 Å². The number of anilines is 2. The summed E-state index contributed by atoms with van der Waals surface area (Å²) in [5.41, 5.74) is 11.5.